The van der Waals surface area contributed by atoms with Gasteiger partial charge in [-0.25, -0.2) is 9.97 Å². The van der Waals surface area contributed by atoms with E-state index in [1.165, 1.54) is 0 Å². The van der Waals surface area contributed by atoms with Crippen molar-refractivity contribution in [3.8, 4) is 0 Å². The fourth-order valence-corrected chi connectivity index (χ4v) is 3.66. The molecular formula is C16H22N4O2S. The number of carbonyl (C=O) groups is 1. The number of aryl methyl sites for hydroxylation is 1. The molecule has 124 valence electrons. The number of hydrogen-bond acceptors (Lipinski definition) is 5. The van der Waals surface area contributed by atoms with Crippen LogP contribution in [0.3, 0.4) is 0 Å². The van der Waals surface area contributed by atoms with Crippen molar-refractivity contribution in [3.63, 3.8) is 0 Å². The van der Waals surface area contributed by atoms with Gasteiger partial charge in [-0.3, -0.25) is 4.79 Å². The zero-order valence-electron chi connectivity index (χ0n) is 13.5. The topological polar surface area (TPSA) is 69.0 Å². The predicted octanol–water partition coefficient (Wildman–Crippen LogP) is 2.11. The minimum atomic E-state index is -0.0141. The van der Waals surface area contributed by atoms with E-state index in [4.69, 9.17) is 4.74 Å². The number of thiazole rings is 1. The molecule has 1 N–H and O–H groups in total. The Kier molecular flexibility index (Phi) is 5.07. The fourth-order valence-electron chi connectivity index (χ4n) is 2.84. The molecule has 0 radical (unpaired) electrons. The van der Waals surface area contributed by atoms with Crippen LogP contribution in [-0.2, 0) is 28.9 Å². The summed E-state index contributed by atoms with van der Waals surface area (Å²) in [6, 6.07) is 0.171. The van der Waals surface area contributed by atoms with Gasteiger partial charge in [0.15, 0.2) is 0 Å². The number of nitrogens with one attached hydrogen (secondary N) is 1. The largest absolute Gasteiger partial charge is 0.372 e. The first-order valence-electron chi connectivity index (χ1n) is 8.01. The second-order valence-electron chi connectivity index (χ2n) is 5.75. The van der Waals surface area contributed by atoms with Crippen LogP contribution in [0.4, 0.5) is 0 Å². The summed E-state index contributed by atoms with van der Waals surface area (Å²) in [4.78, 5) is 21.0. The molecule has 2 aromatic rings. The summed E-state index contributed by atoms with van der Waals surface area (Å²) in [5.74, 6) is 1.13. The average Bonchev–Trinajstić information content (AvgIpc) is 3.15. The highest BCUT2D eigenvalue weighted by Crippen LogP contribution is 2.21. The van der Waals surface area contributed by atoms with Crippen LogP contribution in [0.5, 0.6) is 0 Å². The first-order valence-corrected chi connectivity index (χ1v) is 8.89. The maximum absolute atomic E-state index is 12.2. The van der Waals surface area contributed by atoms with Gasteiger partial charge < -0.3 is 14.6 Å². The van der Waals surface area contributed by atoms with E-state index < -0.39 is 0 Å². The third-order valence-electron chi connectivity index (χ3n) is 3.98. The number of carbonyl (C=O) groups excluding carboxylic acids is 1. The van der Waals surface area contributed by atoms with E-state index in [0.717, 1.165) is 35.9 Å². The lowest BCUT2D eigenvalue weighted by atomic mass is 10.1. The summed E-state index contributed by atoms with van der Waals surface area (Å²) in [5.41, 5.74) is 0.813. The molecule has 2 aromatic heterocycles. The molecule has 7 heteroatoms. The molecule has 1 aliphatic rings. The number of amides is 1. The van der Waals surface area contributed by atoms with Crippen LogP contribution in [0.1, 0.15) is 42.9 Å². The lowest BCUT2D eigenvalue weighted by Gasteiger charge is -2.24. The SMILES string of the molecule is CCO[C@H](C)c1nc(CC(=O)N[C@@H]2CCc3nccn3C2)cs1. The second-order valence-corrected chi connectivity index (χ2v) is 6.64. The molecule has 3 heterocycles. The number of aromatic nitrogens is 3. The lowest BCUT2D eigenvalue weighted by Crippen LogP contribution is -2.41. The summed E-state index contributed by atoms with van der Waals surface area (Å²) in [6.45, 7) is 5.41. The molecule has 0 aromatic carbocycles. The van der Waals surface area contributed by atoms with Gasteiger partial charge in [-0.2, -0.15) is 0 Å². The van der Waals surface area contributed by atoms with Gasteiger partial charge in [-0.1, -0.05) is 0 Å². The first-order chi connectivity index (χ1) is 11.2. The van der Waals surface area contributed by atoms with Crippen LogP contribution in [0.2, 0.25) is 0 Å². The van der Waals surface area contributed by atoms with Crippen molar-refractivity contribution in [2.24, 2.45) is 0 Å². The summed E-state index contributed by atoms with van der Waals surface area (Å²) >= 11 is 1.55. The van der Waals surface area contributed by atoms with Gasteiger partial charge in [-0.05, 0) is 20.3 Å². The Balaban J connectivity index is 1.52. The highest BCUT2D eigenvalue weighted by molar-refractivity contribution is 7.09. The summed E-state index contributed by atoms with van der Waals surface area (Å²) in [6.07, 6.45) is 5.94. The Morgan fingerprint density at radius 2 is 2.48 bits per heavy atom. The monoisotopic (exact) mass is 334 g/mol. The second kappa shape index (κ2) is 7.23. The number of nitrogens with zero attached hydrogens (tertiary/aromatic N) is 3. The molecule has 6 nitrogen and oxygen atoms in total. The first kappa shape index (κ1) is 16.1. The molecule has 1 aliphatic heterocycles. The summed E-state index contributed by atoms with van der Waals surface area (Å²) < 4.78 is 7.64. The smallest absolute Gasteiger partial charge is 0.226 e. The van der Waals surface area contributed by atoms with Crippen molar-refractivity contribution in [1.82, 2.24) is 19.9 Å². The Labute approximate surface area is 139 Å². The number of imidazole rings is 1. The maximum Gasteiger partial charge on any atom is 0.226 e. The average molecular weight is 334 g/mol. The van der Waals surface area contributed by atoms with Crippen LogP contribution in [0.15, 0.2) is 17.8 Å². The van der Waals surface area contributed by atoms with E-state index in [9.17, 15) is 4.79 Å². The van der Waals surface area contributed by atoms with Gasteiger partial charge >= 0.3 is 0 Å². The van der Waals surface area contributed by atoms with E-state index in [1.54, 1.807) is 11.3 Å². The summed E-state index contributed by atoms with van der Waals surface area (Å²) in [5, 5.41) is 5.98. The highest BCUT2D eigenvalue weighted by Gasteiger charge is 2.21. The zero-order chi connectivity index (χ0) is 16.2. The van der Waals surface area contributed by atoms with Crippen LogP contribution in [0.25, 0.3) is 0 Å². The molecule has 1 amide bonds. The number of rotatable bonds is 6. The Morgan fingerprint density at radius 3 is 3.30 bits per heavy atom. The van der Waals surface area contributed by atoms with Gasteiger partial charge in [0.1, 0.15) is 16.9 Å². The number of ether oxygens (including phenoxy) is 1. The molecular weight excluding hydrogens is 312 g/mol. The highest BCUT2D eigenvalue weighted by atomic mass is 32.1. The lowest BCUT2D eigenvalue weighted by molar-refractivity contribution is -0.121. The van der Waals surface area contributed by atoms with E-state index >= 15 is 0 Å². The van der Waals surface area contributed by atoms with Crippen molar-refractivity contribution in [2.75, 3.05) is 6.61 Å². The van der Waals surface area contributed by atoms with Crippen molar-refractivity contribution in [3.05, 3.63) is 34.3 Å². The molecule has 0 unspecified atom stereocenters. The van der Waals surface area contributed by atoms with E-state index in [0.29, 0.717) is 13.0 Å². The molecule has 2 atom stereocenters. The van der Waals surface area contributed by atoms with Gasteiger partial charge in [0.25, 0.3) is 0 Å². The predicted molar refractivity (Wildman–Crippen MR) is 88.3 cm³/mol. The van der Waals surface area contributed by atoms with E-state index in [2.05, 4.69) is 19.9 Å². The third kappa shape index (κ3) is 3.97. The van der Waals surface area contributed by atoms with Crippen LogP contribution >= 0.6 is 11.3 Å². The molecule has 0 bridgehead atoms. The third-order valence-corrected chi connectivity index (χ3v) is 5.03. The summed E-state index contributed by atoms with van der Waals surface area (Å²) in [7, 11) is 0. The van der Waals surface area contributed by atoms with Crippen molar-refractivity contribution < 1.29 is 9.53 Å². The normalized spacial score (nSPS) is 18.4. The van der Waals surface area contributed by atoms with Crippen LogP contribution in [0, 0.1) is 0 Å². The molecule has 0 saturated carbocycles. The van der Waals surface area contributed by atoms with Crippen LogP contribution in [-0.4, -0.2) is 33.1 Å². The molecule has 0 saturated heterocycles. The molecule has 0 aliphatic carbocycles. The van der Waals surface area contributed by atoms with E-state index in [1.807, 2.05) is 31.6 Å². The van der Waals surface area contributed by atoms with Gasteiger partial charge in [-0.15, -0.1) is 11.3 Å². The fraction of sp³-hybridized carbons (Fsp3) is 0.562. The maximum atomic E-state index is 12.2. The molecule has 0 spiro atoms. The standard InChI is InChI=1S/C16H22N4O2S/c1-3-22-11(2)16-19-13(10-23-16)8-15(21)18-12-4-5-14-17-6-7-20(14)9-12/h6-7,10-12H,3-5,8-9H2,1-2H3,(H,18,21)/t11-,12-/m1/s1. The van der Waals surface area contributed by atoms with Gasteiger partial charge in [0, 0.05) is 43.4 Å². The van der Waals surface area contributed by atoms with Crippen molar-refractivity contribution in [1.29, 1.82) is 0 Å². The number of hydrogen-bond donors (Lipinski definition) is 1. The van der Waals surface area contributed by atoms with Gasteiger partial charge in [0.05, 0.1) is 12.1 Å². The number of fused-ring (bicyclic) bond motifs is 1. The van der Waals surface area contributed by atoms with Crippen molar-refractivity contribution >= 4 is 17.2 Å². The van der Waals surface area contributed by atoms with Gasteiger partial charge in [0.2, 0.25) is 5.91 Å². The van der Waals surface area contributed by atoms with Crippen LogP contribution < -0.4 is 5.32 Å². The Hall–Kier alpha value is -1.73. The van der Waals surface area contributed by atoms with E-state index in [-0.39, 0.29) is 18.1 Å². The Morgan fingerprint density at radius 1 is 1.61 bits per heavy atom. The quantitative estimate of drug-likeness (QED) is 0.878. The molecule has 3 rings (SSSR count). The van der Waals surface area contributed by atoms with Crippen molar-refractivity contribution in [2.45, 2.75) is 51.8 Å². The minimum absolute atomic E-state index is 0.0141. The molecule has 0 fully saturated rings. The molecule has 23 heavy (non-hydrogen) atoms. The zero-order valence-corrected chi connectivity index (χ0v) is 14.3. The minimum Gasteiger partial charge on any atom is -0.372 e. The Bertz CT molecular complexity index is 667.